The first kappa shape index (κ1) is 36.4. The molecule has 7 rings (SSSR count). The minimum atomic E-state index is -0.830. The standard InChI is InChI=1S/C42H44ClN5O5/c1-26-31(7-6-8-33(26)34-10-11-37-40(27(34)2)46-41(53-37)30-12-15-47(3)16-13-30)25-52-39-19-38(51-24-29-17-28(20-44)21-45-22-29)32(18-35(39)43)23-48-14-5-4-9-36(48)42(49)50/h6-8,10-11,17-19,21-22,30,36H,4-5,9,12-16,23-25H2,1-3H3,(H,49,50). The molecule has 274 valence electrons. The molecule has 10 nitrogen and oxygen atoms in total. The van der Waals surface area contributed by atoms with Gasteiger partial charge >= 0.3 is 5.97 Å². The van der Waals surface area contributed by atoms with Gasteiger partial charge in [-0.3, -0.25) is 14.7 Å². The van der Waals surface area contributed by atoms with E-state index in [-0.39, 0.29) is 13.2 Å². The third-order valence-electron chi connectivity index (χ3n) is 10.7. The Hall–Kier alpha value is -4.95. The number of oxazole rings is 1. The summed E-state index contributed by atoms with van der Waals surface area (Å²) in [5.74, 6) is 1.33. The van der Waals surface area contributed by atoms with Crippen molar-refractivity contribution in [2.45, 2.75) is 77.7 Å². The number of aromatic nitrogens is 2. The number of aliphatic carboxylic acids is 1. The quantitative estimate of drug-likeness (QED) is 0.141. The average Bonchev–Trinajstić information content (AvgIpc) is 3.61. The maximum absolute atomic E-state index is 12.1. The maximum atomic E-state index is 12.1. The molecule has 1 unspecified atom stereocenters. The largest absolute Gasteiger partial charge is 0.488 e. The fourth-order valence-electron chi connectivity index (χ4n) is 7.56. The number of halogens is 1. The Balaban J connectivity index is 1.13. The number of aryl methyl sites for hydroxylation is 1. The van der Waals surface area contributed by atoms with Crippen LogP contribution in [0.25, 0.3) is 22.2 Å². The van der Waals surface area contributed by atoms with Crippen molar-refractivity contribution in [2.24, 2.45) is 0 Å². The van der Waals surface area contributed by atoms with Crippen LogP contribution in [-0.2, 0) is 24.6 Å². The summed E-state index contributed by atoms with van der Waals surface area (Å²) in [6.07, 6.45) is 7.65. The SMILES string of the molecule is Cc1c(COc2cc(OCc3cncc(C#N)c3)c(CN3CCCCC3C(=O)O)cc2Cl)cccc1-c1ccc2oc(C3CCN(C)CC3)nc2c1C. The summed E-state index contributed by atoms with van der Waals surface area (Å²) in [5, 5.41) is 19.7. The zero-order valence-electron chi connectivity index (χ0n) is 30.4. The number of carbonyl (C=O) groups is 1. The van der Waals surface area contributed by atoms with E-state index in [0.29, 0.717) is 47.5 Å². The van der Waals surface area contributed by atoms with Crippen LogP contribution < -0.4 is 9.47 Å². The van der Waals surface area contributed by atoms with Crippen molar-refractivity contribution in [1.29, 1.82) is 5.26 Å². The number of piperidine rings is 2. The first-order valence-electron chi connectivity index (χ1n) is 18.2. The second-order valence-electron chi connectivity index (χ2n) is 14.3. The molecule has 11 heteroatoms. The Labute approximate surface area is 314 Å². The number of nitrogens with zero attached hydrogens (tertiary/aromatic N) is 5. The van der Waals surface area contributed by atoms with Crippen molar-refractivity contribution >= 4 is 28.7 Å². The number of likely N-dealkylation sites (tertiary alicyclic amines) is 2. The third-order valence-corrected chi connectivity index (χ3v) is 11.0. The summed E-state index contributed by atoms with van der Waals surface area (Å²) in [5.41, 5.74) is 9.05. The molecule has 0 bridgehead atoms. The molecule has 0 radical (unpaired) electrons. The monoisotopic (exact) mass is 733 g/mol. The van der Waals surface area contributed by atoms with E-state index in [1.165, 1.54) is 6.20 Å². The molecular weight excluding hydrogens is 690 g/mol. The molecule has 2 fully saturated rings. The van der Waals surface area contributed by atoms with Gasteiger partial charge in [0, 0.05) is 42.0 Å². The molecule has 53 heavy (non-hydrogen) atoms. The first-order valence-corrected chi connectivity index (χ1v) is 18.6. The molecule has 1 N–H and O–H groups in total. The minimum Gasteiger partial charge on any atom is -0.488 e. The maximum Gasteiger partial charge on any atom is 0.320 e. The van der Waals surface area contributed by atoms with E-state index in [4.69, 9.17) is 30.5 Å². The van der Waals surface area contributed by atoms with Crippen molar-refractivity contribution in [3.8, 4) is 28.7 Å². The van der Waals surface area contributed by atoms with Crippen LogP contribution in [0.4, 0.5) is 0 Å². The summed E-state index contributed by atoms with van der Waals surface area (Å²) in [4.78, 5) is 25.6. The average molecular weight is 734 g/mol. The van der Waals surface area contributed by atoms with Gasteiger partial charge in [0.15, 0.2) is 11.5 Å². The van der Waals surface area contributed by atoms with Crippen LogP contribution in [0.5, 0.6) is 11.5 Å². The molecule has 2 aliphatic heterocycles. The van der Waals surface area contributed by atoms with Crippen molar-refractivity contribution in [3.63, 3.8) is 0 Å². The smallest absolute Gasteiger partial charge is 0.320 e. The molecule has 2 aliphatic rings. The van der Waals surface area contributed by atoms with Crippen LogP contribution in [0, 0.1) is 25.2 Å². The van der Waals surface area contributed by atoms with E-state index >= 15 is 0 Å². The van der Waals surface area contributed by atoms with E-state index < -0.39 is 12.0 Å². The van der Waals surface area contributed by atoms with Crippen molar-refractivity contribution in [3.05, 3.63) is 105 Å². The van der Waals surface area contributed by atoms with Gasteiger partial charge in [-0.2, -0.15) is 5.26 Å². The van der Waals surface area contributed by atoms with Crippen molar-refractivity contribution < 1.29 is 23.8 Å². The molecule has 3 aromatic carbocycles. The van der Waals surface area contributed by atoms with Gasteiger partial charge in [-0.15, -0.1) is 0 Å². The summed E-state index contributed by atoms with van der Waals surface area (Å²) in [6.45, 7) is 7.76. The summed E-state index contributed by atoms with van der Waals surface area (Å²) < 4.78 is 19.0. The van der Waals surface area contributed by atoms with Crippen molar-refractivity contribution in [1.82, 2.24) is 19.8 Å². The highest BCUT2D eigenvalue weighted by molar-refractivity contribution is 6.32. The Morgan fingerprint density at radius 2 is 1.75 bits per heavy atom. The lowest BCUT2D eigenvalue weighted by Crippen LogP contribution is -2.44. The lowest BCUT2D eigenvalue weighted by molar-refractivity contribution is -0.144. The van der Waals surface area contributed by atoms with Crippen molar-refractivity contribution in [2.75, 3.05) is 26.7 Å². The number of carboxylic acids is 1. The Morgan fingerprint density at radius 3 is 2.55 bits per heavy atom. The molecular formula is C42H44ClN5O5. The molecule has 4 heterocycles. The number of pyridine rings is 1. The first-order chi connectivity index (χ1) is 25.7. The zero-order chi connectivity index (χ0) is 37.1. The summed E-state index contributed by atoms with van der Waals surface area (Å²) >= 11 is 6.87. The van der Waals surface area contributed by atoms with Gasteiger partial charge in [-0.25, -0.2) is 4.98 Å². The van der Waals surface area contributed by atoms with E-state index in [1.54, 1.807) is 18.3 Å². The summed E-state index contributed by atoms with van der Waals surface area (Å²) in [7, 11) is 2.16. The van der Waals surface area contributed by atoms with Crippen LogP contribution in [0.2, 0.25) is 5.02 Å². The van der Waals surface area contributed by atoms with Gasteiger partial charge in [-0.05, 0) is 112 Å². The van der Waals surface area contributed by atoms with Crippen LogP contribution >= 0.6 is 11.6 Å². The van der Waals surface area contributed by atoms with Gasteiger partial charge in [0.05, 0.1) is 10.6 Å². The topological polar surface area (TPSA) is 125 Å². The number of nitriles is 1. The van der Waals surface area contributed by atoms with Gasteiger partial charge in [0.2, 0.25) is 0 Å². The minimum absolute atomic E-state index is 0.162. The van der Waals surface area contributed by atoms with Crippen LogP contribution in [0.1, 0.15) is 77.3 Å². The van der Waals surface area contributed by atoms with Gasteiger partial charge in [0.1, 0.15) is 42.3 Å². The highest BCUT2D eigenvalue weighted by atomic mass is 35.5. The zero-order valence-corrected chi connectivity index (χ0v) is 31.2. The Morgan fingerprint density at radius 1 is 0.962 bits per heavy atom. The van der Waals surface area contributed by atoms with Crippen LogP contribution in [0.3, 0.4) is 0 Å². The lowest BCUT2D eigenvalue weighted by atomic mass is 9.93. The normalized spacial score (nSPS) is 17.2. The Kier molecular flexibility index (Phi) is 11.0. The van der Waals surface area contributed by atoms with E-state index in [1.807, 2.05) is 23.1 Å². The van der Waals surface area contributed by atoms with Gasteiger partial charge in [0.25, 0.3) is 0 Å². The number of ether oxygens (including phenoxy) is 2. The number of hydrogen-bond acceptors (Lipinski definition) is 9. The second-order valence-corrected chi connectivity index (χ2v) is 14.7. The Bertz CT molecular complexity index is 2170. The fourth-order valence-corrected chi connectivity index (χ4v) is 7.80. The second kappa shape index (κ2) is 16.0. The molecule has 0 amide bonds. The molecule has 0 saturated carbocycles. The predicted molar refractivity (Wildman–Crippen MR) is 203 cm³/mol. The highest BCUT2D eigenvalue weighted by Crippen LogP contribution is 2.38. The van der Waals surface area contributed by atoms with Crippen LogP contribution in [0.15, 0.2) is 65.3 Å². The van der Waals surface area contributed by atoms with Gasteiger partial charge in [-0.1, -0.05) is 42.3 Å². The van der Waals surface area contributed by atoms with E-state index in [0.717, 1.165) is 94.7 Å². The van der Waals surface area contributed by atoms with E-state index in [2.05, 4.69) is 55.0 Å². The van der Waals surface area contributed by atoms with Crippen LogP contribution in [-0.4, -0.2) is 63.6 Å². The number of hydrogen-bond donors (Lipinski definition) is 1. The third kappa shape index (κ3) is 8.03. The molecule has 0 aliphatic carbocycles. The molecule has 2 saturated heterocycles. The number of benzene rings is 3. The number of rotatable bonds is 11. The summed E-state index contributed by atoms with van der Waals surface area (Å²) in [6, 6.07) is 17.2. The number of fused-ring (bicyclic) bond motifs is 1. The lowest BCUT2D eigenvalue weighted by Gasteiger charge is -2.33. The highest BCUT2D eigenvalue weighted by Gasteiger charge is 2.30. The van der Waals surface area contributed by atoms with E-state index in [9.17, 15) is 15.2 Å². The number of carboxylic acid groups (broad SMARTS) is 1. The molecule has 0 spiro atoms. The molecule has 1 atom stereocenters. The molecule has 2 aromatic heterocycles. The fraction of sp³-hybridized carbons (Fsp3) is 0.381. The predicted octanol–water partition coefficient (Wildman–Crippen LogP) is 8.44. The molecule has 5 aromatic rings. The van der Waals surface area contributed by atoms with Gasteiger partial charge < -0.3 is 23.9 Å².